The number of hydrogen-bond acceptors (Lipinski definition) is 4. The number of carbonyl (C=O) groups excluding carboxylic acids is 1. The molecule has 1 aromatic rings. The highest BCUT2D eigenvalue weighted by atomic mass is 16.5. The topological polar surface area (TPSA) is 58.8 Å². The number of ether oxygens (including phenoxy) is 1. The van der Waals surface area contributed by atoms with Gasteiger partial charge in [-0.3, -0.25) is 14.6 Å². The van der Waals surface area contributed by atoms with Crippen LogP contribution in [0.2, 0.25) is 0 Å². The predicted octanol–water partition coefficient (Wildman–Crippen LogP) is 0.921. The Hall–Kier alpha value is -1.43. The predicted molar refractivity (Wildman–Crippen MR) is 87.6 cm³/mol. The summed E-state index contributed by atoms with van der Waals surface area (Å²) in [5.41, 5.74) is 9.32. The maximum Gasteiger partial charge on any atom is 0.231 e. The zero-order valence-electron chi connectivity index (χ0n) is 13.8. The normalized spacial score (nSPS) is 19.5. The van der Waals surface area contributed by atoms with E-state index < -0.39 is 0 Å². The second-order valence-electron chi connectivity index (χ2n) is 6.25. The summed E-state index contributed by atoms with van der Waals surface area (Å²) < 4.78 is 5.82. The summed E-state index contributed by atoms with van der Waals surface area (Å²) in [6, 6.07) is 6.47. The first-order valence-corrected chi connectivity index (χ1v) is 7.81. The lowest BCUT2D eigenvalue weighted by molar-refractivity contribution is -0.119. The van der Waals surface area contributed by atoms with Crippen molar-refractivity contribution in [2.24, 2.45) is 5.73 Å². The molecule has 1 atom stereocenters. The van der Waals surface area contributed by atoms with Crippen molar-refractivity contribution in [3.8, 4) is 0 Å². The van der Waals surface area contributed by atoms with Gasteiger partial charge in [-0.05, 0) is 37.6 Å². The van der Waals surface area contributed by atoms with Gasteiger partial charge in [0.25, 0.3) is 0 Å². The van der Waals surface area contributed by atoms with Crippen LogP contribution in [0, 0.1) is 13.8 Å². The number of nitrogens with zero attached hydrogens (tertiary/aromatic N) is 2. The van der Waals surface area contributed by atoms with Crippen LogP contribution in [0.5, 0.6) is 0 Å². The maximum atomic E-state index is 11.0. The third-order valence-electron chi connectivity index (χ3n) is 4.27. The van der Waals surface area contributed by atoms with Crippen molar-refractivity contribution in [2.45, 2.75) is 26.5 Å². The Kier molecular flexibility index (Phi) is 5.94. The van der Waals surface area contributed by atoms with E-state index in [1.165, 1.54) is 16.7 Å². The molecule has 122 valence electrons. The number of benzene rings is 1. The fourth-order valence-electron chi connectivity index (χ4n) is 2.94. The lowest BCUT2D eigenvalue weighted by Gasteiger charge is -2.35. The maximum absolute atomic E-state index is 11.0. The Balaban J connectivity index is 1.90. The van der Waals surface area contributed by atoms with Crippen molar-refractivity contribution in [1.82, 2.24) is 9.80 Å². The summed E-state index contributed by atoms with van der Waals surface area (Å²) in [7, 11) is 1.90. The summed E-state index contributed by atoms with van der Waals surface area (Å²) in [6.07, 6.45) is 0.128. The van der Waals surface area contributed by atoms with Gasteiger partial charge in [0, 0.05) is 26.2 Å². The second-order valence-corrected chi connectivity index (χ2v) is 6.25. The standard InChI is InChI=1S/C17H27N3O2/c1-13-5-4-6-15(14(13)2)9-20-7-8-22-16(11-20)10-19(3)12-17(18)21/h4-6,16H,7-12H2,1-3H3,(H2,18,21)/t16-/m0/s1. The molecule has 2 rings (SSSR count). The third kappa shape index (κ3) is 4.80. The number of rotatable bonds is 6. The Morgan fingerprint density at radius 2 is 2.23 bits per heavy atom. The minimum absolute atomic E-state index is 0.128. The number of nitrogens with two attached hydrogens (primary N) is 1. The van der Waals surface area contributed by atoms with E-state index in [0.717, 1.165) is 32.8 Å². The van der Waals surface area contributed by atoms with Crippen molar-refractivity contribution in [3.63, 3.8) is 0 Å². The van der Waals surface area contributed by atoms with E-state index in [9.17, 15) is 4.79 Å². The van der Waals surface area contributed by atoms with Gasteiger partial charge in [-0.15, -0.1) is 0 Å². The molecule has 0 aromatic heterocycles. The fraction of sp³-hybridized carbons (Fsp3) is 0.588. The van der Waals surface area contributed by atoms with Crippen LogP contribution in [0.3, 0.4) is 0 Å². The van der Waals surface area contributed by atoms with E-state index in [1.807, 2.05) is 11.9 Å². The molecular weight excluding hydrogens is 278 g/mol. The molecular formula is C17H27N3O2. The molecule has 1 heterocycles. The lowest BCUT2D eigenvalue weighted by atomic mass is 10.0. The summed E-state index contributed by atoms with van der Waals surface area (Å²) in [5.74, 6) is -0.300. The molecule has 1 aliphatic heterocycles. The van der Waals surface area contributed by atoms with Crippen molar-refractivity contribution in [1.29, 1.82) is 0 Å². The smallest absolute Gasteiger partial charge is 0.231 e. The molecule has 1 amide bonds. The van der Waals surface area contributed by atoms with Crippen LogP contribution in [-0.2, 0) is 16.1 Å². The summed E-state index contributed by atoms with van der Waals surface area (Å²) in [6.45, 7) is 8.86. The van der Waals surface area contributed by atoms with Crippen LogP contribution in [0.4, 0.5) is 0 Å². The highest BCUT2D eigenvalue weighted by Gasteiger charge is 2.22. The van der Waals surface area contributed by atoms with Crippen molar-refractivity contribution in [2.75, 3.05) is 39.8 Å². The molecule has 22 heavy (non-hydrogen) atoms. The highest BCUT2D eigenvalue weighted by Crippen LogP contribution is 2.17. The van der Waals surface area contributed by atoms with E-state index in [1.54, 1.807) is 0 Å². The minimum atomic E-state index is -0.300. The van der Waals surface area contributed by atoms with E-state index in [4.69, 9.17) is 10.5 Å². The van der Waals surface area contributed by atoms with Gasteiger partial charge < -0.3 is 10.5 Å². The zero-order chi connectivity index (χ0) is 16.1. The van der Waals surface area contributed by atoms with Crippen LogP contribution in [-0.4, -0.2) is 61.6 Å². The van der Waals surface area contributed by atoms with E-state index in [-0.39, 0.29) is 18.6 Å². The van der Waals surface area contributed by atoms with Gasteiger partial charge in [-0.1, -0.05) is 18.2 Å². The largest absolute Gasteiger partial charge is 0.374 e. The molecule has 1 saturated heterocycles. The van der Waals surface area contributed by atoms with Gasteiger partial charge in [-0.2, -0.15) is 0 Å². The van der Waals surface area contributed by atoms with Gasteiger partial charge in [0.2, 0.25) is 5.91 Å². The first-order valence-electron chi connectivity index (χ1n) is 7.81. The lowest BCUT2D eigenvalue weighted by Crippen LogP contribution is -2.47. The van der Waals surface area contributed by atoms with Crippen LogP contribution in [0.1, 0.15) is 16.7 Å². The molecule has 0 aliphatic carbocycles. The van der Waals surface area contributed by atoms with Crippen LogP contribution in [0.25, 0.3) is 0 Å². The van der Waals surface area contributed by atoms with Gasteiger partial charge >= 0.3 is 0 Å². The number of likely N-dealkylation sites (N-methyl/N-ethyl adjacent to an activating group) is 1. The van der Waals surface area contributed by atoms with Gasteiger partial charge in [0.15, 0.2) is 0 Å². The Bertz CT molecular complexity index is 519. The molecule has 0 bridgehead atoms. The molecule has 0 radical (unpaired) electrons. The summed E-state index contributed by atoms with van der Waals surface area (Å²) in [5, 5.41) is 0. The average molecular weight is 305 g/mol. The van der Waals surface area contributed by atoms with Crippen LogP contribution >= 0.6 is 0 Å². The zero-order valence-corrected chi connectivity index (χ0v) is 13.8. The van der Waals surface area contributed by atoms with Crippen LogP contribution < -0.4 is 5.73 Å². The van der Waals surface area contributed by atoms with E-state index >= 15 is 0 Å². The summed E-state index contributed by atoms with van der Waals surface area (Å²) >= 11 is 0. The Morgan fingerprint density at radius 1 is 1.45 bits per heavy atom. The molecule has 5 nitrogen and oxygen atoms in total. The van der Waals surface area contributed by atoms with Gasteiger partial charge in [0.1, 0.15) is 0 Å². The Labute approximate surface area is 133 Å². The minimum Gasteiger partial charge on any atom is -0.374 e. The van der Waals surface area contributed by atoms with Gasteiger partial charge in [-0.25, -0.2) is 0 Å². The molecule has 5 heteroatoms. The highest BCUT2D eigenvalue weighted by molar-refractivity contribution is 5.75. The summed E-state index contributed by atoms with van der Waals surface area (Å²) in [4.78, 5) is 15.3. The number of carbonyl (C=O) groups is 1. The first kappa shape index (κ1) is 16.9. The number of primary amides is 1. The molecule has 0 saturated carbocycles. The third-order valence-corrected chi connectivity index (χ3v) is 4.27. The molecule has 0 unspecified atom stereocenters. The SMILES string of the molecule is Cc1cccc(CN2CCO[C@@H](CN(C)CC(N)=O)C2)c1C. The quantitative estimate of drug-likeness (QED) is 0.849. The van der Waals surface area contributed by atoms with Gasteiger partial charge in [0.05, 0.1) is 19.3 Å². The number of hydrogen-bond donors (Lipinski definition) is 1. The van der Waals surface area contributed by atoms with E-state index in [2.05, 4.69) is 36.9 Å². The monoisotopic (exact) mass is 305 g/mol. The Morgan fingerprint density at radius 3 is 2.95 bits per heavy atom. The molecule has 0 spiro atoms. The average Bonchev–Trinajstić information content (AvgIpc) is 2.43. The van der Waals surface area contributed by atoms with Crippen molar-refractivity contribution >= 4 is 5.91 Å². The number of amides is 1. The number of morpholine rings is 1. The van der Waals surface area contributed by atoms with Crippen molar-refractivity contribution < 1.29 is 9.53 Å². The molecule has 2 N–H and O–H groups in total. The molecule has 1 aromatic carbocycles. The molecule has 1 aliphatic rings. The fourth-order valence-corrected chi connectivity index (χ4v) is 2.94. The van der Waals surface area contributed by atoms with E-state index in [0.29, 0.717) is 0 Å². The first-order chi connectivity index (χ1) is 10.5. The van der Waals surface area contributed by atoms with Crippen LogP contribution in [0.15, 0.2) is 18.2 Å². The molecule has 1 fully saturated rings. The second kappa shape index (κ2) is 7.72. The number of aryl methyl sites for hydroxylation is 1. The van der Waals surface area contributed by atoms with Crippen molar-refractivity contribution in [3.05, 3.63) is 34.9 Å².